The Labute approximate surface area is 120 Å². The van der Waals surface area contributed by atoms with E-state index in [1.807, 2.05) is 13.1 Å². The van der Waals surface area contributed by atoms with Crippen LogP contribution < -0.4 is 0 Å². The van der Waals surface area contributed by atoms with E-state index in [1.165, 1.54) is 56.9 Å². The molecular formula is C18H33N. The predicted octanol–water partition coefficient (Wildman–Crippen LogP) is 6.31. The van der Waals surface area contributed by atoms with E-state index < -0.39 is 0 Å². The lowest BCUT2D eigenvalue weighted by Gasteiger charge is -2.17. The van der Waals surface area contributed by atoms with Gasteiger partial charge in [-0.3, -0.25) is 4.99 Å². The summed E-state index contributed by atoms with van der Waals surface area (Å²) in [5, 5.41) is 0. The van der Waals surface area contributed by atoms with Crippen molar-refractivity contribution >= 4 is 6.21 Å². The van der Waals surface area contributed by atoms with E-state index in [0.717, 1.165) is 0 Å². The van der Waals surface area contributed by atoms with Gasteiger partial charge in [-0.05, 0) is 38.2 Å². The monoisotopic (exact) mass is 263 g/mol. The van der Waals surface area contributed by atoms with Crippen LogP contribution in [0, 0.1) is 5.92 Å². The van der Waals surface area contributed by atoms with Gasteiger partial charge in [0, 0.05) is 12.4 Å². The molecule has 0 aromatic heterocycles. The summed E-state index contributed by atoms with van der Waals surface area (Å²) in [4.78, 5) is 4.33. The molecule has 1 heteroatoms. The highest BCUT2D eigenvalue weighted by Gasteiger charge is 2.11. The molecule has 0 aliphatic heterocycles. The maximum absolute atomic E-state index is 4.33. The third-order valence-electron chi connectivity index (χ3n) is 3.52. The van der Waals surface area contributed by atoms with Crippen LogP contribution >= 0.6 is 0 Å². The zero-order valence-electron chi connectivity index (χ0n) is 13.5. The second-order valence-corrected chi connectivity index (χ2v) is 5.22. The Kier molecular flexibility index (Phi) is 13.0. The Morgan fingerprint density at radius 1 is 0.947 bits per heavy atom. The van der Waals surface area contributed by atoms with Gasteiger partial charge in [0.2, 0.25) is 0 Å². The van der Waals surface area contributed by atoms with Gasteiger partial charge in [0.05, 0.1) is 0 Å². The van der Waals surface area contributed by atoms with Crippen molar-refractivity contribution in [3.63, 3.8) is 0 Å². The molecular weight excluding hydrogens is 230 g/mol. The third kappa shape index (κ3) is 9.69. The van der Waals surface area contributed by atoms with Crippen molar-refractivity contribution < 1.29 is 0 Å². The van der Waals surface area contributed by atoms with Crippen LogP contribution in [0.15, 0.2) is 28.9 Å². The van der Waals surface area contributed by atoms with Crippen LogP contribution in [0.5, 0.6) is 0 Å². The first-order valence-corrected chi connectivity index (χ1v) is 8.10. The van der Waals surface area contributed by atoms with Gasteiger partial charge in [-0.25, -0.2) is 0 Å². The highest BCUT2D eigenvalue weighted by molar-refractivity contribution is 5.54. The molecule has 0 heterocycles. The minimum Gasteiger partial charge on any atom is -0.269 e. The van der Waals surface area contributed by atoms with Crippen LogP contribution in [0.1, 0.15) is 79.1 Å². The van der Waals surface area contributed by atoms with Crippen molar-refractivity contribution in [1.29, 1.82) is 0 Å². The molecule has 1 nitrogen and oxygen atoms in total. The molecule has 0 saturated carbocycles. The second-order valence-electron chi connectivity index (χ2n) is 5.22. The minimum absolute atomic E-state index is 0.691. The number of rotatable bonds is 11. The molecule has 0 amide bonds. The number of hydrogen-bond donors (Lipinski definition) is 0. The van der Waals surface area contributed by atoms with Crippen LogP contribution in [0.4, 0.5) is 0 Å². The van der Waals surface area contributed by atoms with Crippen molar-refractivity contribution in [3.05, 3.63) is 23.9 Å². The molecule has 110 valence electrons. The molecule has 0 radical (unpaired) electrons. The van der Waals surface area contributed by atoms with Crippen LogP contribution in [0.2, 0.25) is 0 Å². The summed E-state index contributed by atoms with van der Waals surface area (Å²) < 4.78 is 0. The maximum atomic E-state index is 4.33. The fraction of sp³-hybridized carbons (Fsp3) is 0.722. The summed E-state index contributed by atoms with van der Waals surface area (Å²) in [6.07, 6.45) is 19.0. The number of unbranched alkanes of at least 4 members (excludes halogenated alkanes) is 4. The molecule has 0 aliphatic carbocycles. The van der Waals surface area contributed by atoms with Gasteiger partial charge < -0.3 is 0 Å². The van der Waals surface area contributed by atoms with E-state index in [9.17, 15) is 0 Å². The molecule has 0 saturated heterocycles. The first-order chi connectivity index (χ1) is 9.29. The van der Waals surface area contributed by atoms with Gasteiger partial charge in [-0.2, -0.15) is 0 Å². The van der Waals surface area contributed by atoms with Crippen LogP contribution in [-0.4, -0.2) is 6.21 Å². The molecule has 0 rings (SSSR count). The summed E-state index contributed by atoms with van der Waals surface area (Å²) in [6.45, 7) is 8.62. The zero-order chi connectivity index (χ0) is 14.3. The molecule has 19 heavy (non-hydrogen) atoms. The van der Waals surface area contributed by atoms with E-state index in [4.69, 9.17) is 0 Å². The van der Waals surface area contributed by atoms with Gasteiger partial charge in [0.25, 0.3) is 0 Å². The van der Waals surface area contributed by atoms with Gasteiger partial charge >= 0.3 is 0 Å². The van der Waals surface area contributed by atoms with E-state index >= 15 is 0 Å². The van der Waals surface area contributed by atoms with E-state index in [2.05, 4.69) is 44.1 Å². The summed E-state index contributed by atoms with van der Waals surface area (Å²) in [6, 6.07) is 0. The van der Waals surface area contributed by atoms with Gasteiger partial charge in [0.1, 0.15) is 0 Å². The standard InChI is InChI=1S/C18H33N/c1-5-9-11-12-15-17(14-10-6-2)18(13-7-3)16-19-8-4/h7-8,13,16-17H,5-6,9-12,14-15H2,1-4H3/b13-7-,18-16+,19-8?. The van der Waals surface area contributed by atoms with Crippen LogP contribution in [-0.2, 0) is 0 Å². The summed E-state index contributed by atoms with van der Waals surface area (Å²) >= 11 is 0. The number of hydrogen-bond acceptors (Lipinski definition) is 1. The molecule has 1 atom stereocenters. The first kappa shape index (κ1) is 18.1. The van der Waals surface area contributed by atoms with Crippen molar-refractivity contribution in [2.24, 2.45) is 10.9 Å². The Balaban J connectivity index is 4.56. The van der Waals surface area contributed by atoms with Gasteiger partial charge in [0.15, 0.2) is 0 Å². The topological polar surface area (TPSA) is 12.4 Å². The SMILES string of the molecule is CC=N/C=C(\C=C/C)C(CCCC)CCCCCC. The normalized spacial score (nSPS) is 14.6. The average molecular weight is 263 g/mol. The Morgan fingerprint density at radius 3 is 2.21 bits per heavy atom. The molecule has 0 N–H and O–H groups in total. The predicted molar refractivity (Wildman–Crippen MR) is 88.8 cm³/mol. The second kappa shape index (κ2) is 13.6. The van der Waals surface area contributed by atoms with Crippen molar-refractivity contribution in [1.82, 2.24) is 0 Å². The minimum atomic E-state index is 0.691. The van der Waals surface area contributed by atoms with Crippen molar-refractivity contribution in [2.45, 2.75) is 79.1 Å². The van der Waals surface area contributed by atoms with Gasteiger partial charge in [-0.15, -0.1) is 0 Å². The Hall–Kier alpha value is -0.850. The number of nitrogens with zero attached hydrogens (tertiary/aromatic N) is 1. The fourth-order valence-electron chi connectivity index (χ4n) is 2.38. The molecule has 0 aliphatic rings. The van der Waals surface area contributed by atoms with Crippen molar-refractivity contribution in [3.8, 4) is 0 Å². The lowest BCUT2D eigenvalue weighted by atomic mass is 9.88. The van der Waals surface area contributed by atoms with Crippen molar-refractivity contribution in [2.75, 3.05) is 0 Å². The largest absolute Gasteiger partial charge is 0.269 e. The van der Waals surface area contributed by atoms with E-state index in [0.29, 0.717) is 5.92 Å². The van der Waals surface area contributed by atoms with E-state index in [-0.39, 0.29) is 0 Å². The molecule has 0 bridgehead atoms. The smallest absolute Gasteiger partial charge is 0.0298 e. The molecule has 0 aromatic carbocycles. The molecule has 0 fully saturated rings. The lowest BCUT2D eigenvalue weighted by molar-refractivity contribution is 0.470. The lowest BCUT2D eigenvalue weighted by Crippen LogP contribution is -2.03. The first-order valence-electron chi connectivity index (χ1n) is 8.10. The highest BCUT2D eigenvalue weighted by Crippen LogP contribution is 2.26. The summed E-state index contributed by atoms with van der Waals surface area (Å²) in [7, 11) is 0. The molecule has 0 spiro atoms. The third-order valence-corrected chi connectivity index (χ3v) is 3.52. The highest BCUT2D eigenvalue weighted by atomic mass is 14.7. The van der Waals surface area contributed by atoms with Crippen LogP contribution in [0.25, 0.3) is 0 Å². The van der Waals surface area contributed by atoms with Crippen LogP contribution in [0.3, 0.4) is 0 Å². The maximum Gasteiger partial charge on any atom is 0.0298 e. The Bertz CT molecular complexity index is 273. The average Bonchev–Trinajstić information content (AvgIpc) is 2.43. The van der Waals surface area contributed by atoms with E-state index in [1.54, 1.807) is 0 Å². The summed E-state index contributed by atoms with van der Waals surface area (Å²) in [5.41, 5.74) is 1.41. The quantitative estimate of drug-likeness (QED) is 0.235. The Morgan fingerprint density at radius 2 is 1.63 bits per heavy atom. The molecule has 0 aromatic rings. The molecule has 1 unspecified atom stereocenters. The summed E-state index contributed by atoms with van der Waals surface area (Å²) in [5.74, 6) is 0.691. The number of aliphatic imine (C=N–C) groups is 1. The number of allylic oxidation sites excluding steroid dienone is 3. The van der Waals surface area contributed by atoms with Gasteiger partial charge in [-0.1, -0.05) is 64.5 Å². The zero-order valence-corrected chi connectivity index (χ0v) is 13.5. The fourth-order valence-corrected chi connectivity index (χ4v) is 2.38.